The van der Waals surface area contributed by atoms with Gasteiger partial charge >= 0.3 is 5.97 Å². The van der Waals surface area contributed by atoms with Gasteiger partial charge in [-0.3, -0.25) is 4.79 Å². The van der Waals surface area contributed by atoms with Gasteiger partial charge < -0.3 is 14.8 Å². The maximum Gasteiger partial charge on any atom is 0.339 e. The van der Waals surface area contributed by atoms with Crippen molar-refractivity contribution in [2.75, 3.05) is 26.5 Å². The Morgan fingerprint density at radius 1 is 1.07 bits per heavy atom. The number of benzene rings is 2. The first-order valence-corrected chi connectivity index (χ1v) is 10.2. The summed E-state index contributed by atoms with van der Waals surface area (Å²) in [4.78, 5) is 24.8. The maximum absolute atomic E-state index is 12.5. The Labute approximate surface area is 170 Å². The molecule has 1 atom stereocenters. The molecule has 0 aliphatic heterocycles. The number of rotatable bonds is 7. The Morgan fingerprint density at radius 2 is 1.69 bits per heavy atom. The molecule has 1 amide bonds. The Bertz CT molecular complexity index is 1000. The lowest BCUT2D eigenvalue weighted by molar-refractivity contribution is -0.123. The van der Waals surface area contributed by atoms with Crippen LogP contribution in [-0.2, 0) is 19.6 Å². The third-order valence-electron chi connectivity index (χ3n) is 4.22. The van der Waals surface area contributed by atoms with E-state index in [0.717, 1.165) is 4.31 Å². The molecule has 0 fully saturated rings. The molecule has 0 spiro atoms. The van der Waals surface area contributed by atoms with Crippen LogP contribution >= 0.6 is 0 Å². The fourth-order valence-corrected chi connectivity index (χ4v) is 3.32. The summed E-state index contributed by atoms with van der Waals surface area (Å²) in [5.41, 5.74) is 1.14. The van der Waals surface area contributed by atoms with E-state index < -0.39 is 28.0 Å². The highest BCUT2D eigenvalue weighted by Crippen LogP contribution is 2.20. The molecule has 0 bridgehead atoms. The predicted octanol–water partition coefficient (Wildman–Crippen LogP) is 2.44. The summed E-state index contributed by atoms with van der Waals surface area (Å²) in [5, 5.41) is 2.64. The lowest BCUT2D eigenvalue weighted by Gasteiger charge is -2.16. The first-order chi connectivity index (χ1) is 13.6. The normalized spacial score (nSPS) is 12.3. The number of anilines is 1. The van der Waals surface area contributed by atoms with Gasteiger partial charge in [-0.05, 0) is 55.8 Å². The van der Waals surface area contributed by atoms with Crippen LogP contribution in [0.25, 0.3) is 0 Å². The lowest BCUT2D eigenvalue weighted by Crippen LogP contribution is -2.30. The van der Waals surface area contributed by atoms with Crippen LogP contribution in [-0.4, -0.2) is 51.9 Å². The fraction of sp³-hybridized carbons (Fsp3) is 0.300. The molecule has 156 valence electrons. The third-order valence-corrected chi connectivity index (χ3v) is 6.03. The van der Waals surface area contributed by atoms with Crippen LogP contribution in [0.4, 0.5) is 5.69 Å². The van der Waals surface area contributed by atoms with Crippen molar-refractivity contribution < 1.29 is 27.5 Å². The van der Waals surface area contributed by atoms with Gasteiger partial charge in [-0.15, -0.1) is 0 Å². The van der Waals surface area contributed by atoms with Crippen molar-refractivity contribution >= 4 is 27.6 Å². The van der Waals surface area contributed by atoms with E-state index in [2.05, 4.69) is 5.32 Å². The van der Waals surface area contributed by atoms with Gasteiger partial charge in [0.2, 0.25) is 10.0 Å². The number of amides is 1. The van der Waals surface area contributed by atoms with Crippen LogP contribution < -0.4 is 10.1 Å². The van der Waals surface area contributed by atoms with Crippen LogP contribution in [0.5, 0.6) is 5.75 Å². The number of hydrogen-bond acceptors (Lipinski definition) is 6. The van der Waals surface area contributed by atoms with Crippen molar-refractivity contribution in [2.45, 2.75) is 24.8 Å². The zero-order valence-corrected chi connectivity index (χ0v) is 17.7. The molecule has 2 aromatic carbocycles. The van der Waals surface area contributed by atoms with E-state index in [1.165, 1.54) is 46.3 Å². The second-order valence-electron chi connectivity index (χ2n) is 6.53. The molecule has 0 aromatic heterocycles. The molecular formula is C20H24N2O6S. The molecule has 2 aromatic rings. The van der Waals surface area contributed by atoms with Crippen molar-refractivity contribution in [2.24, 2.45) is 0 Å². The molecular weight excluding hydrogens is 396 g/mol. The van der Waals surface area contributed by atoms with Gasteiger partial charge in [-0.25, -0.2) is 17.5 Å². The third kappa shape index (κ3) is 5.33. The summed E-state index contributed by atoms with van der Waals surface area (Å²) in [6, 6.07) is 10.9. The van der Waals surface area contributed by atoms with Gasteiger partial charge in [-0.2, -0.15) is 0 Å². The van der Waals surface area contributed by atoms with Crippen LogP contribution in [0.1, 0.15) is 22.8 Å². The summed E-state index contributed by atoms with van der Waals surface area (Å²) in [7, 11) is 0.636. The van der Waals surface area contributed by atoms with Gasteiger partial charge in [-0.1, -0.05) is 6.07 Å². The first-order valence-electron chi connectivity index (χ1n) is 8.75. The molecule has 29 heavy (non-hydrogen) atoms. The van der Waals surface area contributed by atoms with Crippen molar-refractivity contribution in [3.05, 3.63) is 53.6 Å². The van der Waals surface area contributed by atoms with E-state index in [1.54, 1.807) is 31.2 Å². The van der Waals surface area contributed by atoms with Crippen LogP contribution in [0.15, 0.2) is 47.4 Å². The summed E-state index contributed by atoms with van der Waals surface area (Å²) >= 11 is 0. The molecule has 8 nitrogen and oxygen atoms in total. The summed E-state index contributed by atoms with van der Waals surface area (Å²) in [6.07, 6.45) is -1.09. The highest BCUT2D eigenvalue weighted by molar-refractivity contribution is 7.89. The van der Waals surface area contributed by atoms with Gasteiger partial charge in [0.05, 0.1) is 17.6 Å². The van der Waals surface area contributed by atoms with E-state index in [1.807, 2.05) is 0 Å². The highest BCUT2D eigenvalue weighted by atomic mass is 32.2. The lowest BCUT2D eigenvalue weighted by atomic mass is 10.1. The van der Waals surface area contributed by atoms with E-state index in [4.69, 9.17) is 9.47 Å². The molecule has 0 saturated heterocycles. The second kappa shape index (κ2) is 9.06. The van der Waals surface area contributed by atoms with Crippen LogP contribution in [0.2, 0.25) is 0 Å². The zero-order chi connectivity index (χ0) is 21.8. The standard InChI is InChI=1S/C20H24N2O6S/c1-13-6-11-17(29(25,26)22(3)4)12-18(13)20(24)28-14(2)19(23)21-15-7-9-16(27-5)10-8-15/h6-12,14H,1-5H3,(H,21,23)/t14-/m0/s1. The molecule has 2 rings (SSSR count). The van der Waals surface area contributed by atoms with Crippen LogP contribution in [0.3, 0.4) is 0 Å². The SMILES string of the molecule is COc1ccc(NC(=O)[C@H](C)OC(=O)c2cc(S(=O)(=O)N(C)C)ccc2C)cc1. The number of ether oxygens (including phenoxy) is 2. The van der Waals surface area contributed by atoms with Gasteiger partial charge in [0, 0.05) is 19.8 Å². The number of methoxy groups -OCH3 is 1. The number of nitrogens with zero attached hydrogens (tertiary/aromatic N) is 1. The van der Waals surface area contributed by atoms with Crippen molar-refractivity contribution in [3.63, 3.8) is 0 Å². The Balaban J connectivity index is 2.13. The second-order valence-corrected chi connectivity index (χ2v) is 8.68. The molecule has 0 heterocycles. The quantitative estimate of drug-likeness (QED) is 0.691. The fourth-order valence-electron chi connectivity index (χ4n) is 2.39. The number of sulfonamides is 1. The van der Waals surface area contributed by atoms with E-state index in [0.29, 0.717) is 17.0 Å². The predicted molar refractivity (Wildman–Crippen MR) is 109 cm³/mol. The number of nitrogens with one attached hydrogen (secondary N) is 1. The number of carbonyl (C=O) groups is 2. The monoisotopic (exact) mass is 420 g/mol. The average molecular weight is 420 g/mol. The summed E-state index contributed by atoms with van der Waals surface area (Å²) < 4.78 is 35.9. The zero-order valence-electron chi connectivity index (χ0n) is 16.9. The largest absolute Gasteiger partial charge is 0.497 e. The van der Waals surface area contributed by atoms with Crippen molar-refractivity contribution in [3.8, 4) is 5.75 Å². The van der Waals surface area contributed by atoms with E-state index >= 15 is 0 Å². The highest BCUT2D eigenvalue weighted by Gasteiger charge is 2.23. The molecule has 0 unspecified atom stereocenters. The Hall–Kier alpha value is -2.91. The molecule has 9 heteroatoms. The van der Waals surface area contributed by atoms with Crippen molar-refractivity contribution in [1.29, 1.82) is 0 Å². The van der Waals surface area contributed by atoms with Crippen LogP contribution in [0, 0.1) is 6.92 Å². The number of hydrogen-bond donors (Lipinski definition) is 1. The van der Waals surface area contributed by atoms with Gasteiger partial charge in [0.1, 0.15) is 5.75 Å². The van der Waals surface area contributed by atoms with Gasteiger partial charge in [0.25, 0.3) is 5.91 Å². The number of esters is 1. The molecule has 0 aliphatic rings. The topological polar surface area (TPSA) is 102 Å². The smallest absolute Gasteiger partial charge is 0.339 e. The Morgan fingerprint density at radius 3 is 2.24 bits per heavy atom. The number of carbonyl (C=O) groups excluding carboxylic acids is 2. The minimum Gasteiger partial charge on any atom is -0.497 e. The van der Waals surface area contributed by atoms with Crippen molar-refractivity contribution in [1.82, 2.24) is 4.31 Å². The van der Waals surface area contributed by atoms with E-state index in [9.17, 15) is 18.0 Å². The maximum atomic E-state index is 12.5. The first kappa shape index (κ1) is 22.4. The molecule has 0 aliphatic carbocycles. The minimum atomic E-state index is -3.70. The summed E-state index contributed by atoms with van der Waals surface area (Å²) in [6.45, 7) is 3.09. The molecule has 0 radical (unpaired) electrons. The number of aryl methyl sites for hydroxylation is 1. The Kier molecular flexibility index (Phi) is 6.99. The van der Waals surface area contributed by atoms with Gasteiger partial charge in [0.15, 0.2) is 6.10 Å². The summed E-state index contributed by atoms with van der Waals surface area (Å²) in [5.74, 6) is -0.653. The molecule has 0 saturated carbocycles. The average Bonchev–Trinajstić information content (AvgIpc) is 2.68. The van der Waals surface area contributed by atoms with E-state index in [-0.39, 0.29) is 10.5 Å². The molecule has 1 N–H and O–H groups in total. The minimum absolute atomic E-state index is 0.0320.